The van der Waals surface area contributed by atoms with Gasteiger partial charge in [0.05, 0.1) is 5.88 Å². The lowest BCUT2D eigenvalue weighted by atomic mass is 10.2. The minimum absolute atomic E-state index is 0.207. The number of aliphatic carboxylic acids is 1. The standard InChI is InChI=1S/C11H10INO3S/c12-8-3-1-2-7(4-8)10(14)13-6-17-5-9(13)11(15)16/h1-4,9H,5-6H2,(H,15,16)/t9-/m0/s1. The van der Waals surface area contributed by atoms with E-state index in [-0.39, 0.29) is 5.91 Å². The number of carbonyl (C=O) groups is 2. The Bertz CT molecular complexity index is 466. The Morgan fingerprint density at radius 3 is 2.88 bits per heavy atom. The van der Waals surface area contributed by atoms with Crippen LogP contribution >= 0.6 is 34.4 Å². The topological polar surface area (TPSA) is 57.6 Å². The van der Waals surface area contributed by atoms with Gasteiger partial charge >= 0.3 is 5.97 Å². The van der Waals surface area contributed by atoms with Gasteiger partial charge in [-0.15, -0.1) is 11.8 Å². The summed E-state index contributed by atoms with van der Waals surface area (Å²) in [4.78, 5) is 24.6. The van der Waals surface area contributed by atoms with E-state index in [4.69, 9.17) is 5.11 Å². The fraction of sp³-hybridized carbons (Fsp3) is 0.273. The molecule has 1 aromatic carbocycles. The minimum Gasteiger partial charge on any atom is -0.480 e. The molecule has 1 heterocycles. The van der Waals surface area contributed by atoms with Crippen LogP contribution in [0, 0.1) is 3.57 Å². The van der Waals surface area contributed by atoms with E-state index < -0.39 is 12.0 Å². The van der Waals surface area contributed by atoms with Crippen molar-refractivity contribution in [1.29, 1.82) is 0 Å². The molecule has 1 atom stereocenters. The monoisotopic (exact) mass is 363 g/mol. The molecule has 1 fully saturated rings. The summed E-state index contributed by atoms with van der Waals surface area (Å²) in [5.41, 5.74) is 0.547. The van der Waals surface area contributed by atoms with Crippen LogP contribution in [0.15, 0.2) is 24.3 Å². The van der Waals surface area contributed by atoms with Gasteiger partial charge in [0.25, 0.3) is 5.91 Å². The maximum atomic E-state index is 12.2. The number of carbonyl (C=O) groups excluding carboxylic acids is 1. The molecule has 0 aromatic heterocycles. The Balaban J connectivity index is 2.23. The Labute approximate surface area is 117 Å². The molecule has 0 aliphatic carbocycles. The predicted molar refractivity (Wildman–Crippen MR) is 74.1 cm³/mol. The normalized spacial score (nSPS) is 19.4. The van der Waals surface area contributed by atoms with Gasteiger partial charge in [0.1, 0.15) is 6.04 Å². The fourth-order valence-electron chi connectivity index (χ4n) is 1.63. The number of halogens is 1. The van der Waals surface area contributed by atoms with Crippen molar-refractivity contribution in [2.45, 2.75) is 6.04 Å². The third-order valence-corrected chi connectivity index (χ3v) is 4.18. The van der Waals surface area contributed by atoms with Crippen molar-refractivity contribution in [3.8, 4) is 0 Å². The molecular formula is C11H10INO3S. The number of carboxylic acid groups (broad SMARTS) is 1. The highest BCUT2D eigenvalue weighted by Gasteiger charge is 2.34. The molecule has 2 rings (SSSR count). The SMILES string of the molecule is O=C(O)[C@@H]1CSCN1C(=O)c1cccc(I)c1. The Morgan fingerprint density at radius 2 is 2.24 bits per heavy atom. The van der Waals surface area contributed by atoms with E-state index in [0.29, 0.717) is 17.2 Å². The molecule has 1 aliphatic rings. The zero-order valence-electron chi connectivity index (χ0n) is 8.80. The van der Waals surface area contributed by atoms with Crippen LogP contribution in [0.5, 0.6) is 0 Å². The van der Waals surface area contributed by atoms with E-state index in [1.165, 1.54) is 16.7 Å². The second-order valence-electron chi connectivity index (χ2n) is 3.64. The molecule has 4 nitrogen and oxygen atoms in total. The van der Waals surface area contributed by atoms with Gasteiger partial charge in [-0.3, -0.25) is 4.79 Å². The number of nitrogens with zero attached hydrogens (tertiary/aromatic N) is 1. The quantitative estimate of drug-likeness (QED) is 0.816. The fourth-order valence-corrected chi connectivity index (χ4v) is 3.32. The number of rotatable bonds is 2. The number of hydrogen-bond acceptors (Lipinski definition) is 3. The van der Waals surface area contributed by atoms with Crippen molar-refractivity contribution in [1.82, 2.24) is 4.90 Å². The first-order chi connectivity index (χ1) is 8.09. The molecule has 6 heteroatoms. The van der Waals surface area contributed by atoms with Crippen LogP contribution in [0.4, 0.5) is 0 Å². The smallest absolute Gasteiger partial charge is 0.327 e. The highest BCUT2D eigenvalue weighted by molar-refractivity contribution is 14.1. The van der Waals surface area contributed by atoms with Crippen molar-refractivity contribution in [3.05, 3.63) is 33.4 Å². The van der Waals surface area contributed by atoms with Crippen molar-refractivity contribution >= 4 is 46.2 Å². The molecule has 0 radical (unpaired) electrons. The molecule has 1 aliphatic heterocycles. The van der Waals surface area contributed by atoms with Crippen molar-refractivity contribution < 1.29 is 14.7 Å². The molecule has 0 bridgehead atoms. The molecule has 17 heavy (non-hydrogen) atoms. The minimum atomic E-state index is -0.936. The summed E-state index contributed by atoms with van der Waals surface area (Å²) < 4.78 is 0.965. The highest BCUT2D eigenvalue weighted by atomic mass is 127. The lowest BCUT2D eigenvalue weighted by molar-refractivity contribution is -0.140. The van der Waals surface area contributed by atoms with E-state index in [1.807, 2.05) is 6.07 Å². The van der Waals surface area contributed by atoms with Gasteiger partial charge in [-0.1, -0.05) is 6.07 Å². The van der Waals surface area contributed by atoms with Crippen LogP contribution in [0.25, 0.3) is 0 Å². The second-order valence-corrected chi connectivity index (χ2v) is 5.88. The van der Waals surface area contributed by atoms with Gasteiger partial charge in [0, 0.05) is 14.9 Å². The van der Waals surface area contributed by atoms with Crippen molar-refractivity contribution in [2.75, 3.05) is 11.6 Å². The first-order valence-corrected chi connectivity index (χ1v) is 7.20. The van der Waals surface area contributed by atoms with Crippen LogP contribution in [0.3, 0.4) is 0 Å². The molecule has 1 saturated heterocycles. The van der Waals surface area contributed by atoms with Gasteiger partial charge in [-0.05, 0) is 40.8 Å². The van der Waals surface area contributed by atoms with E-state index >= 15 is 0 Å². The molecule has 90 valence electrons. The molecule has 0 unspecified atom stereocenters. The maximum Gasteiger partial charge on any atom is 0.327 e. The Hall–Kier alpha value is -0.760. The first kappa shape index (κ1) is 12.7. The van der Waals surface area contributed by atoms with Gasteiger partial charge < -0.3 is 10.0 Å². The van der Waals surface area contributed by atoms with Crippen LogP contribution < -0.4 is 0 Å². The van der Waals surface area contributed by atoms with Crippen LogP contribution in [0.1, 0.15) is 10.4 Å². The van der Waals surface area contributed by atoms with Crippen molar-refractivity contribution in [2.24, 2.45) is 0 Å². The maximum absolute atomic E-state index is 12.2. The molecule has 1 N–H and O–H groups in total. The number of benzene rings is 1. The Morgan fingerprint density at radius 1 is 1.47 bits per heavy atom. The average Bonchev–Trinajstić information content (AvgIpc) is 2.77. The molecule has 0 saturated carbocycles. The van der Waals surface area contributed by atoms with Gasteiger partial charge in [0.2, 0.25) is 0 Å². The summed E-state index contributed by atoms with van der Waals surface area (Å²) in [6, 6.07) is 6.47. The van der Waals surface area contributed by atoms with E-state index in [2.05, 4.69) is 22.6 Å². The summed E-state index contributed by atoms with van der Waals surface area (Å²) in [7, 11) is 0. The van der Waals surface area contributed by atoms with E-state index in [1.54, 1.807) is 18.2 Å². The summed E-state index contributed by atoms with van der Waals surface area (Å²) in [6.45, 7) is 0. The number of thioether (sulfide) groups is 1. The van der Waals surface area contributed by atoms with Crippen LogP contribution in [-0.4, -0.2) is 39.6 Å². The summed E-state index contributed by atoms with van der Waals surface area (Å²) in [6.07, 6.45) is 0. The molecular weight excluding hydrogens is 353 g/mol. The molecule has 1 amide bonds. The van der Waals surface area contributed by atoms with E-state index in [0.717, 1.165) is 3.57 Å². The summed E-state index contributed by atoms with van der Waals surface area (Å²) in [5.74, 6) is -0.235. The average molecular weight is 363 g/mol. The van der Waals surface area contributed by atoms with E-state index in [9.17, 15) is 9.59 Å². The third-order valence-electron chi connectivity index (χ3n) is 2.50. The highest BCUT2D eigenvalue weighted by Crippen LogP contribution is 2.23. The number of amides is 1. The largest absolute Gasteiger partial charge is 0.480 e. The molecule has 0 spiro atoms. The Kier molecular flexibility index (Phi) is 3.93. The van der Waals surface area contributed by atoms with Gasteiger partial charge in [-0.2, -0.15) is 0 Å². The first-order valence-electron chi connectivity index (χ1n) is 4.96. The predicted octanol–water partition coefficient (Wildman–Crippen LogP) is 1.89. The van der Waals surface area contributed by atoms with Crippen LogP contribution in [0.2, 0.25) is 0 Å². The molecule has 1 aromatic rings. The zero-order chi connectivity index (χ0) is 12.4. The van der Waals surface area contributed by atoms with Gasteiger partial charge in [0.15, 0.2) is 0 Å². The lowest BCUT2D eigenvalue weighted by Crippen LogP contribution is -2.41. The zero-order valence-corrected chi connectivity index (χ0v) is 11.8. The summed E-state index contributed by atoms with van der Waals surface area (Å²) >= 11 is 3.60. The van der Waals surface area contributed by atoms with Crippen LogP contribution in [-0.2, 0) is 4.79 Å². The lowest BCUT2D eigenvalue weighted by Gasteiger charge is -2.20. The van der Waals surface area contributed by atoms with Gasteiger partial charge in [-0.25, -0.2) is 4.79 Å². The second kappa shape index (κ2) is 5.26. The summed E-state index contributed by atoms with van der Waals surface area (Å²) in [5, 5.41) is 9.03. The third kappa shape index (κ3) is 2.74. The number of hydrogen-bond donors (Lipinski definition) is 1. The number of carboxylic acids is 1. The van der Waals surface area contributed by atoms with Crippen molar-refractivity contribution in [3.63, 3.8) is 0 Å².